The van der Waals surface area contributed by atoms with Gasteiger partial charge in [0, 0.05) is 35.8 Å². The number of hydrogen-bond donors (Lipinski definition) is 0. The molecule has 6 heteroatoms. The van der Waals surface area contributed by atoms with Crippen molar-refractivity contribution in [2.24, 2.45) is 16.8 Å². The lowest BCUT2D eigenvalue weighted by atomic mass is 9.98. The standard InChI is InChI=1S/C29H29N3O2S/c1-18-14-21(22-5-7-25-23(15-22)9-13-35-25)4-6-24(18)26-30-29(10-11-29)28(34)32(26)17-19-8-12-31(16-19)27(33)20-2-3-20/h4-7,9,13-15,19-20H,2-3,8,10-12,16-17H2,1H3. The van der Waals surface area contributed by atoms with Gasteiger partial charge in [-0.3, -0.25) is 19.5 Å². The maximum absolute atomic E-state index is 13.4. The van der Waals surface area contributed by atoms with Gasteiger partial charge in [-0.15, -0.1) is 11.3 Å². The van der Waals surface area contributed by atoms with Crippen molar-refractivity contribution in [3.63, 3.8) is 0 Å². The van der Waals surface area contributed by atoms with Gasteiger partial charge in [0.15, 0.2) is 0 Å². The number of thiophene rings is 1. The number of carbonyl (C=O) groups is 2. The summed E-state index contributed by atoms with van der Waals surface area (Å²) < 4.78 is 1.30. The van der Waals surface area contributed by atoms with Crippen molar-refractivity contribution in [2.75, 3.05) is 19.6 Å². The Morgan fingerprint density at radius 1 is 1.09 bits per heavy atom. The van der Waals surface area contributed by atoms with Crippen LogP contribution in [0.4, 0.5) is 0 Å². The maximum atomic E-state index is 13.4. The molecule has 1 spiro atoms. The Bertz CT molecular complexity index is 1400. The van der Waals surface area contributed by atoms with E-state index in [1.165, 1.54) is 21.2 Å². The second-order valence-electron chi connectivity index (χ2n) is 10.8. The zero-order valence-corrected chi connectivity index (χ0v) is 20.8. The molecule has 2 aromatic carbocycles. The topological polar surface area (TPSA) is 53.0 Å². The number of carbonyl (C=O) groups excluding carboxylic acids is 2. The summed E-state index contributed by atoms with van der Waals surface area (Å²) in [5.74, 6) is 1.89. The minimum atomic E-state index is -0.521. The predicted molar refractivity (Wildman–Crippen MR) is 140 cm³/mol. The zero-order valence-electron chi connectivity index (χ0n) is 20.0. The van der Waals surface area contributed by atoms with Crippen molar-refractivity contribution in [1.29, 1.82) is 0 Å². The molecule has 1 atom stereocenters. The lowest BCUT2D eigenvalue weighted by Crippen LogP contribution is -2.41. The van der Waals surface area contributed by atoms with E-state index in [2.05, 4.69) is 54.8 Å². The van der Waals surface area contributed by atoms with Crippen LogP contribution >= 0.6 is 11.3 Å². The van der Waals surface area contributed by atoms with E-state index in [0.29, 0.717) is 18.4 Å². The molecule has 2 saturated carbocycles. The van der Waals surface area contributed by atoms with Gasteiger partial charge in [0.2, 0.25) is 5.91 Å². The summed E-state index contributed by atoms with van der Waals surface area (Å²) in [5, 5.41) is 3.40. The summed E-state index contributed by atoms with van der Waals surface area (Å²) in [6, 6.07) is 15.3. The summed E-state index contributed by atoms with van der Waals surface area (Å²) in [4.78, 5) is 34.9. The lowest BCUT2D eigenvalue weighted by Gasteiger charge is -2.24. The largest absolute Gasteiger partial charge is 0.342 e. The molecule has 3 aromatic rings. The predicted octanol–water partition coefficient (Wildman–Crippen LogP) is 5.26. The Morgan fingerprint density at radius 2 is 1.89 bits per heavy atom. The molecule has 3 heterocycles. The highest BCUT2D eigenvalue weighted by Crippen LogP contribution is 2.46. The van der Waals surface area contributed by atoms with Crippen molar-refractivity contribution in [1.82, 2.24) is 9.80 Å². The first-order valence-corrected chi connectivity index (χ1v) is 13.7. The van der Waals surface area contributed by atoms with Crippen LogP contribution in [0.3, 0.4) is 0 Å². The molecule has 5 nitrogen and oxygen atoms in total. The molecule has 35 heavy (non-hydrogen) atoms. The van der Waals surface area contributed by atoms with Crippen LogP contribution in [-0.4, -0.2) is 52.6 Å². The molecule has 0 bridgehead atoms. The molecule has 4 aliphatic rings. The Kier molecular flexibility index (Phi) is 4.72. The van der Waals surface area contributed by atoms with Crippen LogP contribution in [0.15, 0.2) is 52.8 Å². The number of benzene rings is 2. The summed E-state index contributed by atoms with van der Waals surface area (Å²) >= 11 is 1.76. The first-order valence-electron chi connectivity index (χ1n) is 12.8. The monoisotopic (exact) mass is 483 g/mol. The van der Waals surface area contributed by atoms with Gasteiger partial charge < -0.3 is 4.90 Å². The maximum Gasteiger partial charge on any atom is 0.256 e. The van der Waals surface area contributed by atoms with E-state index < -0.39 is 5.54 Å². The molecule has 2 aliphatic carbocycles. The number of nitrogens with zero attached hydrogens (tertiary/aromatic N) is 3. The van der Waals surface area contributed by atoms with Gasteiger partial charge in [0.1, 0.15) is 11.4 Å². The normalized spacial score (nSPS) is 22.9. The second-order valence-corrected chi connectivity index (χ2v) is 11.7. The number of aliphatic imine (C=N–C) groups is 1. The molecule has 7 rings (SSSR count). The molecule has 2 aliphatic heterocycles. The van der Waals surface area contributed by atoms with E-state index in [-0.39, 0.29) is 11.8 Å². The van der Waals surface area contributed by atoms with Crippen molar-refractivity contribution in [2.45, 2.75) is 44.6 Å². The molecule has 178 valence electrons. The van der Waals surface area contributed by atoms with Crippen molar-refractivity contribution in [3.8, 4) is 11.1 Å². The second kappa shape index (κ2) is 7.76. The summed E-state index contributed by atoms with van der Waals surface area (Å²) in [6.07, 6.45) is 4.74. The molecular formula is C29H29N3O2S. The number of amidine groups is 1. The molecule has 2 amide bonds. The number of amides is 2. The number of fused-ring (bicyclic) bond motifs is 1. The Hall–Kier alpha value is -2.99. The highest BCUT2D eigenvalue weighted by molar-refractivity contribution is 7.17. The molecule has 0 N–H and O–H groups in total. The van der Waals surface area contributed by atoms with Crippen molar-refractivity contribution >= 4 is 39.1 Å². The Labute approximate surface area is 209 Å². The van der Waals surface area contributed by atoms with E-state index in [1.54, 1.807) is 11.3 Å². The molecular weight excluding hydrogens is 454 g/mol. The number of hydrogen-bond acceptors (Lipinski definition) is 4. The fourth-order valence-electron chi connectivity index (χ4n) is 5.75. The van der Waals surface area contributed by atoms with E-state index >= 15 is 0 Å². The van der Waals surface area contributed by atoms with Crippen LogP contribution in [0, 0.1) is 18.8 Å². The average molecular weight is 484 g/mol. The van der Waals surface area contributed by atoms with E-state index in [4.69, 9.17) is 4.99 Å². The SMILES string of the molecule is Cc1cc(-c2ccc3sccc3c2)ccc1C1=NC2(CC2)C(=O)N1CC1CCN(C(=O)C2CC2)C1. The van der Waals surface area contributed by atoms with Gasteiger partial charge in [-0.05, 0) is 90.6 Å². The molecule has 1 aromatic heterocycles. The fourth-order valence-corrected chi connectivity index (χ4v) is 6.52. The smallest absolute Gasteiger partial charge is 0.256 e. The van der Waals surface area contributed by atoms with Gasteiger partial charge in [-0.25, -0.2) is 0 Å². The fraction of sp³-hybridized carbons (Fsp3) is 0.414. The van der Waals surface area contributed by atoms with Crippen LogP contribution in [0.2, 0.25) is 0 Å². The van der Waals surface area contributed by atoms with Gasteiger partial charge in [-0.2, -0.15) is 0 Å². The van der Waals surface area contributed by atoms with Gasteiger partial charge >= 0.3 is 0 Å². The summed E-state index contributed by atoms with van der Waals surface area (Å²) in [5.41, 5.74) is 4.05. The van der Waals surface area contributed by atoms with Crippen LogP contribution in [-0.2, 0) is 9.59 Å². The Balaban J connectivity index is 1.15. The molecule has 1 unspecified atom stereocenters. The minimum absolute atomic E-state index is 0.158. The van der Waals surface area contributed by atoms with Crippen LogP contribution in [0.1, 0.15) is 43.2 Å². The third kappa shape index (κ3) is 3.61. The van der Waals surface area contributed by atoms with Crippen molar-refractivity contribution < 1.29 is 9.59 Å². The van der Waals surface area contributed by atoms with Gasteiger partial charge in [0.05, 0.1) is 0 Å². The summed E-state index contributed by atoms with van der Waals surface area (Å²) in [7, 11) is 0. The van der Waals surface area contributed by atoms with Gasteiger partial charge in [0.25, 0.3) is 5.91 Å². The van der Waals surface area contributed by atoms with E-state index in [0.717, 1.165) is 62.2 Å². The van der Waals surface area contributed by atoms with Crippen LogP contribution < -0.4 is 0 Å². The first-order chi connectivity index (χ1) is 17.0. The van der Waals surface area contributed by atoms with Crippen molar-refractivity contribution in [3.05, 3.63) is 59.0 Å². The lowest BCUT2D eigenvalue weighted by molar-refractivity contribution is -0.131. The average Bonchev–Trinajstić information content (AvgIpc) is 3.74. The number of likely N-dealkylation sites (tertiary alicyclic amines) is 1. The molecule has 1 saturated heterocycles. The highest BCUT2D eigenvalue weighted by atomic mass is 32.1. The van der Waals surface area contributed by atoms with Gasteiger partial charge in [-0.1, -0.05) is 24.3 Å². The highest BCUT2D eigenvalue weighted by Gasteiger charge is 2.57. The first kappa shape index (κ1) is 21.3. The Morgan fingerprint density at radius 3 is 2.66 bits per heavy atom. The van der Waals surface area contributed by atoms with Crippen LogP contribution in [0.5, 0.6) is 0 Å². The third-order valence-corrected chi connectivity index (χ3v) is 9.06. The van der Waals surface area contributed by atoms with E-state index in [9.17, 15) is 9.59 Å². The van der Waals surface area contributed by atoms with E-state index in [1.807, 2.05) is 9.80 Å². The third-order valence-electron chi connectivity index (χ3n) is 8.16. The summed E-state index contributed by atoms with van der Waals surface area (Å²) in [6.45, 7) is 4.37. The number of rotatable bonds is 5. The minimum Gasteiger partial charge on any atom is -0.342 e. The quantitative estimate of drug-likeness (QED) is 0.497. The zero-order chi connectivity index (χ0) is 23.7. The number of aryl methyl sites for hydroxylation is 1. The molecule has 0 radical (unpaired) electrons. The van der Waals surface area contributed by atoms with Crippen LogP contribution in [0.25, 0.3) is 21.2 Å². The molecule has 3 fully saturated rings.